The van der Waals surface area contributed by atoms with Crippen LogP contribution in [0, 0.1) is 0 Å². The minimum absolute atomic E-state index is 0. The Kier molecular flexibility index (Phi) is 4.28. The molecule has 1 heterocycles. The van der Waals surface area contributed by atoms with Gasteiger partial charge in [-0.3, -0.25) is 0 Å². The fourth-order valence-electron chi connectivity index (χ4n) is 2.86. The molecule has 0 saturated carbocycles. The molecule has 0 aliphatic carbocycles. The van der Waals surface area contributed by atoms with Crippen molar-refractivity contribution in [3.8, 4) is 11.5 Å². The first-order valence-electron chi connectivity index (χ1n) is 6.72. The van der Waals surface area contributed by atoms with Crippen molar-refractivity contribution in [2.75, 3.05) is 0 Å². The molecule has 0 aromatic heterocycles. The molecule has 3 heteroatoms. The van der Waals surface area contributed by atoms with Gasteiger partial charge in [-0.15, -0.1) is 0 Å². The van der Waals surface area contributed by atoms with Crippen LogP contribution in [0.15, 0.2) is 48.5 Å². The standard InChI is InChI=1S/C17H20AsO.HI/c1-17(2,3)18(4)13-9-5-7-11-15(13)19-16-12-8-6-10-14(16)18;/h5-12H,1-4H3;1H. The average molecular weight is 443 g/mol. The van der Waals surface area contributed by atoms with Crippen LogP contribution in [0.25, 0.3) is 0 Å². The van der Waals surface area contributed by atoms with E-state index in [4.69, 9.17) is 4.74 Å². The van der Waals surface area contributed by atoms with Crippen LogP contribution in [-0.4, -0.2) is 18.3 Å². The number of aromatic hydroxyl groups is 2. The molecule has 0 fully saturated rings. The molecule has 2 aromatic rings. The molecule has 0 amide bonds. The van der Waals surface area contributed by atoms with Crippen molar-refractivity contribution in [2.24, 2.45) is 0 Å². The van der Waals surface area contributed by atoms with Crippen LogP contribution in [0.5, 0.6) is 11.5 Å². The molecule has 2 aromatic carbocycles. The van der Waals surface area contributed by atoms with Crippen LogP contribution >= 0.6 is 0 Å². The molecule has 1 radical (unpaired) electrons. The van der Waals surface area contributed by atoms with Crippen LogP contribution in [0.2, 0.25) is 9.91 Å². The van der Waals surface area contributed by atoms with Gasteiger partial charge < -0.3 is 24.0 Å². The number of benzene rings is 2. The van der Waals surface area contributed by atoms with Gasteiger partial charge in [0.05, 0.1) is 0 Å². The Morgan fingerprint density at radius 1 is 0.800 bits per heavy atom. The van der Waals surface area contributed by atoms with Crippen molar-refractivity contribution >= 4 is 22.3 Å². The second kappa shape index (κ2) is 5.38. The molecule has 1 N–H and O–H groups in total. The molecule has 1 aliphatic heterocycles. The molecule has 1 nitrogen and oxygen atoms in total. The number of hydrogen-bond acceptors (Lipinski definition) is 0. The summed E-state index contributed by atoms with van der Waals surface area (Å²) >= 11 is -2.19. The van der Waals surface area contributed by atoms with Gasteiger partial charge in [-0.1, -0.05) is 0 Å². The van der Waals surface area contributed by atoms with Crippen LogP contribution in [0.4, 0.5) is 0 Å². The molecular formula is C17H21AsIO. The van der Waals surface area contributed by atoms with Crippen LogP contribution in [-0.2, 0) is 0 Å². The van der Waals surface area contributed by atoms with Gasteiger partial charge in [-0.05, 0) is 0 Å². The number of para-hydroxylation sites is 2. The Morgan fingerprint density at radius 3 is 1.60 bits per heavy atom. The summed E-state index contributed by atoms with van der Waals surface area (Å²) in [6, 6.07) is 17.4. The normalized spacial score (nSPS) is 15.4. The Labute approximate surface area is 141 Å². The second-order valence-electron chi connectivity index (χ2n) is 6.27. The minimum Gasteiger partial charge on any atom is -1.00 e. The predicted molar refractivity (Wildman–Crippen MR) is 84.6 cm³/mol. The topological polar surface area (TPSA) is 12.8 Å². The zero-order valence-electron chi connectivity index (χ0n) is 12.4. The minimum atomic E-state index is -2.19. The second-order valence-corrected chi connectivity index (χ2v) is 15.3. The van der Waals surface area contributed by atoms with E-state index in [1.165, 1.54) is 20.2 Å². The van der Waals surface area contributed by atoms with E-state index in [9.17, 15) is 0 Å². The quantitative estimate of drug-likeness (QED) is 0.323. The van der Waals surface area contributed by atoms with Crippen LogP contribution in [0.3, 0.4) is 0 Å². The maximum Gasteiger partial charge on any atom is -1.00 e. The summed E-state index contributed by atoms with van der Waals surface area (Å²) in [6.07, 6.45) is 0. The van der Waals surface area contributed by atoms with Crippen LogP contribution < -0.4 is 32.7 Å². The van der Waals surface area contributed by atoms with Crippen molar-refractivity contribution in [2.45, 2.75) is 30.7 Å². The Hall–Kier alpha value is -0.472. The monoisotopic (exact) mass is 443 g/mol. The van der Waals surface area contributed by atoms with E-state index in [1.807, 2.05) is 0 Å². The first-order chi connectivity index (χ1) is 8.94. The number of rotatable bonds is 0. The molecule has 0 atom stereocenters. The fourth-order valence-corrected chi connectivity index (χ4v) is 10.5. The van der Waals surface area contributed by atoms with Crippen molar-refractivity contribution in [1.29, 1.82) is 0 Å². The van der Waals surface area contributed by atoms with E-state index < -0.39 is 13.6 Å². The van der Waals surface area contributed by atoms with Gasteiger partial charge >= 0.3 is 118 Å². The van der Waals surface area contributed by atoms with Gasteiger partial charge in [0.2, 0.25) is 0 Å². The summed E-state index contributed by atoms with van der Waals surface area (Å²) in [7, 11) is 0. The summed E-state index contributed by atoms with van der Waals surface area (Å²) in [5, 5.41) is 0. The van der Waals surface area contributed by atoms with Crippen molar-refractivity contribution in [1.82, 2.24) is 0 Å². The van der Waals surface area contributed by atoms with Gasteiger partial charge in [-0.25, -0.2) is 0 Å². The third-order valence-electron chi connectivity index (χ3n) is 4.31. The van der Waals surface area contributed by atoms with Gasteiger partial charge in [0, 0.05) is 0 Å². The smallest absolute Gasteiger partial charge is 1.00 e. The third kappa shape index (κ3) is 2.21. The van der Waals surface area contributed by atoms with E-state index >= 15 is 0 Å². The summed E-state index contributed by atoms with van der Waals surface area (Å²) in [5.74, 6) is 2.37. The van der Waals surface area contributed by atoms with Crippen LogP contribution in [0.1, 0.15) is 20.8 Å². The van der Waals surface area contributed by atoms with Crippen molar-refractivity contribution in [3.63, 3.8) is 0 Å². The summed E-state index contributed by atoms with van der Waals surface area (Å²) in [4.78, 5) is 0. The molecular weight excluding hydrogens is 422 g/mol. The zero-order chi connectivity index (χ0) is 13.7. The Bertz CT molecular complexity index is 585. The summed E-state index contributed by atoms with van der Waals surface area (Å²) < 4.78 is 8.18. The number of ether oxygens (including phenoxy) is 1. The molecule has 107 valence electrons. The average Bonchev–Trinajstić information content (AvgIpc) is 2.38. The van der Waals surface area contributed by atoms with Gasteiger partial charge in [0.25, 0.3) is 0 Å². The van der Waals surface area contributed by atoms with E-state index in [1.54, 1.807) is 0 Å². The molecule has 0 unspecified atom stereocenters. The van der Waals surface area contributed by atoms with Gasteiger partial charge in [0.15, 0.2) is 0 Å². The zero-order valence-corrected chi connectivity index (χ0v) is 16.4. The van der Waals surface area contributed by atoms with Crippen molar-refractivity contribution in [3.05, 3.63) is 48.5 Å². The maximum atomic E-state index is 4.86. The number of fused-ring (bicyclic) bond motifs is 2. The summed E-state index contributed by atoms with van der Waals surface area (Å²) in [6.45, 7) is 7.16. The molecule has 0 bridgehead atoms. The molecule has 20 heavy (non-hydrogen) atoms. The molecule has 3 rings (SSSR count). The number of hydrogen-bond donors (Lipinski definition) is 0. The fraction of sp³-hybridized carbons (Fsp3) is 0.294. The van der Waals surface area contributed by atoms with Crippen molar-refractivity contribution < 1.29 is 28.7 Å². The molecule has 1 aliphatic rings. The van der Waals surface area contributed by atoms with E-state index in [2.05, 4.69) is 75.0 Å². The van der Waals surface area contributed by atoms with E-state index in [0.29, 0.717) is 4.20 Å². The first kappa shape index (κ1) is 15.9. The van der Waals surface area contributed by atoms with E-state index in [-0.39, 0.29) is 24.0 Å². The summed E-state index contributed by atoms with van der Waals surface area (Å²) in [5.41, 5.74) is 2.52. The predicted octanol–water partition coefficient (Wildman–Crippen LogP) is 0.652. The van der Waals surface area contributed by atoms with Gasteiger partial charge in [0.1, 0.15) is 0 Å². The number of halogens is 1. The third-order valence-corrected chi connectivity index (χ3v) is 15.6. The SMILES string of the molecule is CC(C)(C)[As]1(C)c2ccccc2[OH+]c2ccccc21.[I-]. The molecule has 0 saturated heterocycles. The maximum absolute atomic E-state index is 4.86. The first-order valence-corrected chi connectivity index (χ1v) is 11.4. The Balaban J connectivity index is 0.00000147. The largest absolute Gasteiger partial charge is 1.00 e. The Morgan fingerprint density at radius 2 is 1.20 bits per heavy atom. The van der Waals surface area contributed by atoms with Gasteiger partial charge in [-0.2, -0.15) is 0 Å². The molecule has 0 spiro atoms. The van der Waals surface area contributed by atoms with E-state index in [0.717, 1.165) is 0 Å².